The first-order valence-electron chi connectivity index (χ1n) is 3.38. The number of alkyl halides is 1. The van der Waals surface area contributed by atoms with E-state index in [2.05, 4.69) is 6.92 Å². The first-order valence-corrected chi connectivity index (χ1v) is 3.92. The van der Waals surface area contributed by atoms with Gasteiger partial charge in [-0.05, 0) is 25.7 Å². The summed E-state index contributed by atoms with van der Waals surface area (Å²) in [5.41, 5.74) is 0. The molecule has 0 aromatic heterocycles. The molecule has 0 aliphatic rings. The van der Waals surface area contributed by atoms with E-state index < -0.39 is 6.10 Å². The normalized spacial score (nSPS) is 17.3. The van der Waals surface area contributed by atoms with Crippen molar-refractivity contribution in [1.82, 2.24) is 0 Å². The summed E-state index contributed by atoms with van der Waals surface area (Å²) in [7, 11) is 0. The molecule has 0 aliphatic heterocycles. The highest BCUT2D eigenvalue weighted by molar-refractivity contribution is 6.18. The van der Waals surface area contributed by atoms with Crippen LogP contribution in [0.1, 0.15) is 26.7 Å². The molecule has 0 bridgehead atoms. The zero-order valence-electron chi connectivity index (χ0n) is 6.06. The van der Waals surface area contributed by atoms with E-state index in [4.69, 9.17) is 11.6 Å². The average Bonchev–Trinajstić information content (AvgIpc) is 1.83. The smallest absolute Gasteiger partial charge is 0.0902 e. The molecule has 0 aromatic carbocycles. The zero-order chi connectivity index (χ0) is 7.28. The molecule has 0 aromatic rings. The number of rotatable bonds is 4. The number of halogens is 1. The van der Waals surface area contributed by atoms with Gasteiger partial charge in [-0.1, -0.05) is 6.92 Å². The summed E-state index contributed by atoms with van der Waals surface area (Å²) >= 11 is 5.53. The summed E-state index contributed by atoms with van der Waals surface area (Å²) in [6.45, 7) is 3.76. The highest BCUT2D eigenvalue weighted by Crippen LogP contribution is 2.08. The lowest BCUT2D eigenvalue weighted by Crippen LogP contribution is -2.02. The maximum Gasteiger partial charge on any atom is 0.0902 e. The second-order valence-electron chi connectivity index (χ2n) is 2.65. The third kappa shape index (κ3) is 6.13. The Labute approximate surface area is 62.0 Å². The van der Waals surface area contributed by atoms with Gasteiger partial charge in [0, 0.05) is 5.88 Å². The van der Waals surface area contributed by atoms with Crippen LogP contribution in [0, 0.1) is 5.92 Å². The largest absolute Gasteiger partial charge is 0.233 e. The van der Waals surface area contributed by atoms with Gasteiger partial charge in [-0.25, -0.2) is 5.11 Å². The molecular weight excluding hydrogens is 136 g/mol. The van der Waals surface area contributed by atoms with Gasteiger partial charge in [0.15, 0.2) is 0 Å². The predicted molar refractivity (Wildman–Crippen MR) is 39.3 cm³/mol. The summed E-state index contributed by atoms with van der Waals surface area (Å²) in [6, 6.07) is 0. The molecule has 0 amide bonds. The Kier molecular flexibility index (Phi) is 5.21. The number of hydrogen-bond acceptors (Lipinski definition) is 0. The van der Waals surface area contributed by atoms with Gasteiger partial charge in [0.1, 0.15) is 0 Å². The molecule has 0 N–H and O–H groups in total. The first-order chi connectivity index (χ1) is 4.16. The van der Waals surface area contributed by atoms with Gasteiger partial charge in [0.05, 0.1) is 6.10 Å². The SMILES string of the molecule is CC([O])CCC(C)CCl. The van der Waals surface area contributed by atoms with Crippen LogP contribution < -0.4 is 0 Å². The van der Waals surface area contributed by atoms with E-state index >= 15 is 0 Å². The minimum absolute atomic E-state index is 0.421. The molecule has 1 nitrogen and oxygen atoms in total. The quantitative estimate of drug-likeness (QED) is 0.548. The van der Waals surface area contributed by atoms with Crippen LogP contribution in [0.5, 0.6) is 0 Å². The molecule has 0 spiro atoms. The lowest BCUT2D eigenvalue weighted by Gasteiger charge is -2.06. The molecule has 0 heterocycles. The van der Waals surface area contributed by atoms with Gasteiger partial charge in [-0.15, -0.1) is 11.6 Å². The fourth-order valence-corrected chi connectivity index (χ4v) is 0.751. The highest BCUT2D eigenvalue weighted by Gasteiger charge is 2.02. The van der Waals surface area contributed by atoms with Gasteiger partial charge in [0.25, 0.3) is 0 Å². The summed E-state index contributed by atoms with van der Waals surface area (Å²) in [6.07, 6.45) is 1.30. The van der Waals surface area contributed by atoms with E-state index in [0.29, 0.717) is 11.8 Å². The van der Waals surface area contributed by atoms with E-state index in [-0.39, 0.29) is 0 Å². The van der Waals surface area contributed by atoms with Crippen molar-refractivity contribution in [1.29, 1.82) is 0 Å². The van der Waals surface area contributed by atoms with Crippen molar-refractivity contribution in [3.05, 3.63) is 0 Å². The summed E-state index contributed by atoms with van der Waals surface area (Å²) in [5, 5.41) is 10.5. The van der Waals surface area contributed by atoms with Crippen molar-refractivity contribution in [3.8, 4) is 0 Å². The summed E-state index contributed by atoms with van der Waals surface area (Å²) < 4.78 is 0. The van der Waals surface area contributed by atoms with Gasteiger partial charge in [-0.3, -0.25) is 0 Å². The Morgan fingerprint density at radius 3 is 2.22 bits per heavy atom. The minimum Gasteiger partial charge on any atom is -0.233 e. The van der Waals surface area contributed by atoms with Gasteiger partial charge in [-0.2, -0.15) is 0 Å². The second-order valence-corrected chi connectivity index (χ2v) is 2.96. The van der Waals surface area contributed by atoms with E-state index in [1.54, 1.807) is 6.92 Å². The third-order valence-electron chi connectivity index (χ3n) is 1.33. The Bertz CT molecular complexity index is 63.9. The van der Waals surface area contributed by atoms with Crippen molar-refractivity contribution < 1.29 is 5.11 Å². The Morgan fingerprint density at radius 1 is 1.33 bits per heavy atom. The van der Waals surface area contributed by atoms with Crippen molar-refractivity contribution in [2.45, 2.75) is 32.8 Å². The molecule has 0 aliphatic carbocycles. The van der Waals surface area contributed by atoms with E-state index in [1.807, 2.05) is 0 Å². The van der Waals surface area contributed by atoms with E-state index in [1.165, 1.54) is 0 Å². The van der Waals surface area contributed by atoms with Crippen LogP contribution in [0.2, 0.25) is 0 Å². The van der Waals surface area contributed by atoms with Gasteiger partial charge in [0.2, 0.25) is 0 Å². The van der Waals surface area contributed by atoms with Crippen LogP contribution >= 0.6 is 11.6 Å². The van der Waals surface area contributed by atoms with Crippen molar-refractivity contribution in [2.75, 3.05) is 5.88 Å². The van der Waals surface area contributed by atoms with Crippen LogP contribution in [0.15, 0.2) is 0 Å². The van der Waals surface area contributed by atoms with E-state index in [0.717, 1.165) is 12.8 Å². The lowest BCUT2D eigenvalue weighted by atomic mass is 10.1. The summed E-state index contributed by atoms with van der Waals surface area (Å²) in [4.78, 5) is 0. The lowest BCUT2D eigenvalue weighted by molar-refractivity contribution is 0.0925. The van der Waals surface area contributed by atoms with Crippen LogP contribution in [0.4, 0.5) is 0 Å². The standard InChI is InChI=1S/C7H14ClO/c1-6(5-8)3-4-7(2)9/h6-7H,3-5H2,1-2H3. The van der Waals surface area contributed by atoms with Gasteiger partial charge < -0.3 is 0 Å². The fourth-order valence-electron chi connectivity index (χ4n) is 0.596. The fraction of sp³-hybridized carbons (Fsp3) is 1.00. The minimum atomic E-state index is -0.421. The van der Waals surface area contributed by atoms with Crippen molar-refractivity contribution >= 4 is 11.6 Å². The van der Waals surface area contributed by atoms with E-state index in [9.17, 15) is 5.11 Å². The Hall–Kier alpha value is 0.250. The molecule has 1 radical (unpaired) electrons. The predicted octanol–water partition coefficient (Wildman–Crippen LogP) is 2.46. The molecule has 0 rings (SSSR count). The third-order valence-corrected chi connectivity index (χ3v) is 1.86. The van der Waals surface area contributed by atoms with Crippen LogP contribution in [-0.2, 0) is 5.11 Å². The maximum atomic E-state index is 10.5. The molecule has 9 heavy (non-hydrogen) atoms. The van der Waals surface area contributed by atoms with Crippen LogP contribution in [0.25, 0.3) is 0 Å². The molecule has 0 fully saturated rings. The molecule has 55 valence electrons. The first kappa shape index (κ1) is 9.25. The molecule has 0 saturated heterocycles. The molecule has 2 heteroatoms. The van der Waals surface area contributed by atoms with Crippen LogP contribution in [0.3, 0.4) is 0 Å². The monoisotopic (exact) mass is 149 g/mol. The highest BCUT2D eigenvalue weighted by atomic mass is 35.5. The summed E-state index contributed by atoms with van der Waals surface area (Å²) in [5.74, 6) is 1.18. The molecule has 0 saturated carbocycles. The average molecular weight is 150 g/mol. The van der Waals surface area contributed by atoms with Crippen molar-refractivity contribution in [2.24, 2.45) is 5.92 Å². The Morgan fingerprint density at radius 2 is 1.89 bits per heavy atom. The molecule has 2 atom stereocenters. The topological polar surface area (TPSA) is 19.9 Å². The van der Waals surface area contributed by atoms with Gasteiger partial charge >= 0.3 is 0 Å². The second kappa shape index (κ2) is 5.07. The molecular formula is C7H14ClO. The molecule has 2 unspecified atom stereocenters. The van der Waals surface area contributed by atoms with Crippen molar-refractivity contribution in [3.63, 3.8) is 0 Å². The Balaban J connectivity index is 3.06. The zero-order valence-corrected chi connectivity index (χ0v) is 6.82. The number of hydrogen-bond donors (Lipinski definition) is 0. The van der Waals surface area contributed by atoms with Crippen LogP contribution in [-0.4, -0.2) is 12.0 Å². The maximum absolute atomic E-state index is 10.5.